The third-order valence-electron chi connectivity index (χ3n) is 2.94. The lowest BCUT2D eigenvalue weighted by atomic mass is 10.1. The van der Waals surface area contributed by atoms with Crippen LogP contribution in [0.5, 0.6) is 5.75 Å². The van der Waals surface area contributed by atoms with Crippen LogP contribution in [-0.4, -0.2) is 37.7 Å². The van der Waals surface area contributed by atoms with Gasteiger partial charge in [-0.25, -0.2) is 4.79 Å². The Morgan fingerprint density at radius 2 is 1.59 bits per heavy atom. The van der Waals surface area contributed by atoms with E-state index in [2.05, 4.69) is 5.32 Å². The van der Waals surface area contributed by atoms with Crippen LogP contribution in [0.3, 0.4) is 0 Å². The van der Waals surface area contributed by atoms with Gasteiger partial charge in [-0.1, -0.05) is 18.2 Å². The van der Waals surface area contributed by atoms with Gasteiger partial charge in [0.2, 0.25) is 0 Å². The Labute approximate surface area is 173 Å². The van der Waals surface area contributed by atoms with E-state index in [1.807, 2.05) is 0 Å². The molecule has 9 heteroatoms. The second-order valence-corrected chi connectivity index (χ2v) is 9.69. The summed E-state index contributed by atoms with van der Waals surface area (Å²) in [5.74, 6) is -0.467. The Morgan fingerprint density at radius 1 is 1.03 bits per heavy atom. The normalized spacial score (nSPS) is 13.6. The monoisotopic (exact) mass is 429 g/mol. The van der Waals surface area contributed by atoms with Gasteiger partial charge in [0.05, 0.1) is 17.9 Å². The first kappa shape index (κ1) is 24.5. The maximum atomic E-state index is 12.2. The second-order valence-electron chi connectivity index (χ2n) is 8.26. The highest BCUT2D eigenvalue weighted by Crippen LogP contribution is 2.14. The number of esters is 1. The fraction of sp³-hybridized carbons (Fsp3) is 0.500. The molecular formula is C20H31NO7S. The summed E-state index contributed by atoms with van der Waals surface area (Å²) in [6, 6.07) is 6.98. The van der Waals surface area contributed by atoms with Crippen molar-refractivity contribution in [2.75, 3.05) is 0 Å². The lowest BCUT2D eigenvalue weighted by Gasteiger charge is -2.23. The first-order valence-electron chi connectivity index (χ1n) is 9.04. The Bertz CT molecular complexity index is 795. The first-order valence-corrected chi connectivity index (χ1v) is 10.5. The highest BCUT2D eigenvalue weighted by molar-refractivity contribution is 7.90. The van der Waals surface area contributed by atoms with Crippen LogP contribution in [0.1, 0.15) is 49.4 Å². The topological polar surface area (TPSA) is 108 Å². The second kappa shape index (κ2) is 9.78. The van der Waals surface area contributed by atoms with Crippen LogP contribution in [-0.2, 0) is 24.4 Å². The summed E-state index contributed by atoms with van der Waals surface area (Å²) in [5, 5.41) is 3.24. The molecule has 0 aromatic heterocycles. The molecule has 1 atom stereocenters. The van der Waals surface area contributed by atoms with Crippen LogP contribution >= 0.6 is 0 Å². The zero-order valence-corrected chi connectivity index (χ0v) is 18.4. The molecular weight excluding hydrogens is 398 g/mol. The van der Waals surface area contributed by atoms with Crippen molar-refractivity contribution in [1.82, 2.24) is 5.32 Å². The fourth-order valence-electron chi connectivity index (χ4n) is 2.02. The molecule has 164 valence electrons. The number of hydrogen-bond acceptors (Lipinski definition) is 7. The van der Waals surface area contributed by atoms with Crippen LogP contribution in [0.15, 0.2) is 41.8 Å². The minimum atomic E-state index is -4.10. The predicted octanol–water partition coefficient (Wildman–Crippen LogP) is 3.78. The van der Waals surface area contributed by atoms with E-state index in [0.717, 1.165) is 11.5 Å². The van der Waals surface area contributed by atoms with E-state index in [4.69, 9.17) is 13.7 Å². The molecule has 0 aliphatic carbocycles. The first-order chi connectivity index (χ1) is 13.2. The number of benzene rings is 1. The van der Waals surface area contributed by atoms with Gasteiger partial charge in [-0.05, 0) is 59.8 Å². The third kappa shape index (κ3) is 11.8. The van der Waals surface area contributed by atoms with Gasteiger partial charge in [-0.2, -0.15) is 8.42 Å². The molecule has 1 amide bonds. The number of amides is 1. The molecule has 0 aliphatic heterocycles. The number of para-hydroxylation sites is 1. The molecule has 0 saturated carbocycles. The van der Waals surface area contributed by atoms with Gasteiger partial charge in [0, 0.05) is 1.43 Å². The number of alkyl carbamates (subject to hydrolysis) is 1. The molecule has 29 heavy (non-hydrogen) atoms. The van der Waals surface area contributed by atoms with E-state index in [0.29, 0.717) is 0 Å². The van der Waals surface area contributed by atoms with Crippen LogP contribution in [0.25, 0.3) is 0 Å². The molecule has 1 aromatic carbocycles. The molecule has 0 bridgehead atoms. The number of carbonyl (C=O) groups is 2. The van der Waals surface area contributed by atoms with Crippen LogP contribution in [0, 0.1) is 0 Å². The van der Waals surface area contributed by atoms with Gasteiger partial charge in [-0.3, -0.25) is 4.79 Å². The molecule has 0 spiro atoms. The van der Waals surface area contributed by atoms with Gasteiger partial charge in [0.1, 0.15) is 17.0 Å². The quantitative estimate of drug-likeness (QED) is 0.519. The summed E-state index contributed by atoms with van der Waals surface area (Å²) in [4.78, 5) is 24.2. The summed E-state index contributed by atoms with van der Waals surface area (Å²) in [7, 11) is -4.10. The summed E-state index contributed by atoms with van der Waals surface area (Å²) in [5.41, 5.74) is -1.48. The predicted molar refractivity (Wildman–Crippen MR) is 111 cm³/mol. The van der Waals surface area contributed by atoms with Crippen molar-refractivity contribution in [3.8, 4) is 5.75 Å². The summed E-state index contributed by atoms with van der Waals surface area (Å²) < 4.78 is 39.7. The third-order valence-corrected chi connectivity index (χ3v) is 3.86. The van der Waals surface area contributed by atoms with E-state index in [-0.39, 0.29) is 13.6 Å². The lowest BCUT2D eigenvalue weighted by Crippen LogP contribution is -2.40. The summed E-state index contributed by atoms with van der Waals surface area (Å²) in [6.45, 7) is 10.2. The highest BCUT2D eigenvalue weighted by Gasteiger charge is 2.23. The van der Waals surface area contributed by atoms with Crippen molar-refractivity contribution in [2.24, 2.45) is 0 Å². The van der Waals surface area contributed by atoms with Crippen molar-refractivity contribution in [3.05, 3.63) is 41.8 Å². The van der Waals surface area contributed by atoms with Crippen molar-refractivity contribution < 1.29 is 33.1 Å². The van der Waals surface area contributed by atoms with Crippen molar-refractivity contribution in [3.63, 3.8) is 0 Å². The molecule has 0 fully saturated rings. The molecule has 1 aromatic rings. The van der Waals surface area contributed by atoms with E-state index in [1.165, 1.54) is 12.1 Å². The standard InChI is InChI=1S/C20H29NO7S.H2/c1-19(2,3)26-17(22)14-15(21-18(23)27-20(4,5)6)12-13-29(24,25)28-16-10-8-7-9-11-16;/h7-13,15H,14H2,1-6H3,(H,21,23);1H/b13-12+;/t15-;/m1./s1. The smallest absolute Gasteiger partial charge is 0.408 e. The molecule has 0 heterocycles. The average Bonchev–Trinajstić information content (AvgIpc) is 2.49. The summed E-state index contributed by atoms with van der Waals surface area (Å²) in [6.07, 6.45) is 0.0667. The number of nitrogens with one attached hydrogen (secondary N) is 1. The largest absolute Gasteiger partial charge is 0.460 e. The molecule has 1 N–H and O–H groups in total. The van der Waals surface area contributed by atoms with Crippen LogP contribution in [0.4, 0.5) is 4.79 Å². The Kier molecular flexibility index (Phi) is 8.25. The van der Waals surface area contributed by atoms with Gasteiger partial charge < -0.3 is 19.0 Å². The molecule has 1 rings (SSSR count). The lowest BCUT2D eigenvalue weighted by molar-refractivity contribution is -0.155. The average molecular weight is 430 g/mol. The van der Waals surface area contributed by atoms with Crippen molar-refractivity contribution >= 4 is 22.2 Å². The minimum Gasteiger partial charge on any atom is -0.460 e. The number of rotatable bonds is 7. The van der Waals surface area contributed by atoms with E-state index in [1.54, 1.807) is 59.7 Å². The van der Waals surface area contributed by atoms with E-state index in [9.17, 15) is 18.0 Å². The Balaban J connectivity index is 0.00000841. The van der Waals surface area contributed by atoms with Crippen molar-refractivity contribution in [2.45, 2.75) is 65.2 Å². The zero-order chi connectivity index (χ0) is 22.3. The van der Waals surface area contributed by atoms with E-state index < -0.39 is 39.4 Å². The van der Waals surface area contributed by atoms with Crippen molar-refractivity contribution in [1.29, 1.82) is 0 Å². The maximum Gasteiger partial charge on any atom is 0.408 e. The minimum absolute atomic E-state index is 0. The molecule has 0 aliphatic rings. The van der Waals surface area contributed by atoms with Crippen LogP contribution in [0.2, 0.25) is 0 Å². The molecule has 8 nitrogen and oxygen atoms in total. The summed E-state index contributed by atoms with van der Waals surface area (Å²) >= 11 is 0. The van der Waals surface area contributed by atoms with Crippen LogP contribution < -0.4 is 9.50 Å². The van der Waals surface area contributed by atoms with Gasteiger partial charge in [0.25, 0.3) is 0 Å². The number of hydrogen-bond donors (Lipinski definition) is 1. The molecule has 0 unspecified atom stereocenters. The maximum absolute atomic E-state index is 12.2. The SMILES string of the molecule is CC(C)(C)OC(=O)C[C@@H](/C=C/S(=O)(=O)Oc1ccccc1)NC(=O)OC(C)(C)C.[HH]. The van der Waals surface area contributed by atoms with Gasteiger partial charge >= 0.3 is 22.2 Å². The van der Waals surface area contributed by atoms with Gasteiger partial charge in [0.15, 0.2) is 0 Å². The number of ether oxygens (including phenoxy) is 2. The fourth-order valence-corrected chi connectivity index (χ4v) is 2.83. The number of carbonyl (C=O) groups excluding carboxylic acids is 2. The Hall–Kier alpha value is -2.55. The molecule has 0 saturated heterocycles. The molecule has 0 radical (unpaired) electrons. The zero-order valence-electron chi connectivity index (χ0n) is 17.6. The van der Waals surface area contributed by atoms with E-state index >= 15 is 0 Å². The Morgan fingerprint density at radius 3 is 2.10 bits per heavy atom. The van der Waals surface area contributed by atoms with Gasteiger partial charge in [-0.15, -0.1) is 0 Å². The highest BCUT2D eigenvalue weighted by atomic mass is 32.2.